The monoisotopic (exact) mass is 342 g/mol. The predicted molar refractivity (Wildman–Crippen MR) is 87.7 cm³/mol. The van der Waals surface area contributed by atoms with Gasteiger partial charge in [-0.25, -0.2) is 17.9 Å². The average molecular weight is 342 g/mol. The van der Waals surface area contributed by atoms with Gasteiger partial charge in [0, 0.05) is 5.69 Å². The van der Waals surface area contributed by atoms with Crippen molar-refractivity contribution < 1.29 is 22.7 Å². The van der Waals surface area contributed by atoms with Crippen LogP contribution in [0.25, 0.3) is 0 Å². The highest BCUT2D eigenvalue weighted by molar-refractivity contribution is 7.89. The fourth-order valence-corrected chi connectivity index (χ4v) is 2.86. The van der Waals surface area contributed by atoms with Crippen LogP contribution in [0.3, 0.4) is 0 Å². The number of carbonyl (C=O) groups excluding carboxylic acids is 2. The third-order valence-electron chi connectivity index (χ3n) is 2.90. The summed E-state index contributed by atoms with van der Waals surface area (Å²) in [6, 6.07) is 6.16. The Morgan fingerprint density at radius 2 is 1.78 bits per heavy atom. The van der Waals surface area contributed by atoms with Crippen LogP contribution in [0.4, 0.5) is 5.69 Å². The van der Waals surface area contributed by atoms with E-state index in [0.717, 1.165) is 6.42 Å². The number of hydrogen-bond donors (Lipinski definition) is 2. The first-order chi connectivity index (χ1) is 10.9. The van der Waals surface area contributed by atoms with E-state index in [1.54, 1.807) is 19.1 Å². The number of ether oxygens (including phenoxy) is 1. The molecule has 1 rings (SSSR count). The second-order valence-corrected chi connectivity index (χ2v) is 6.77. The lowest BCUT2D eigenvalue weighted by molar-refractivity contribution is -0.115. The van der Waals surface area contributed by atoms with Gasteiger partial charge in [-0.2, -0.15) is 0 Å². The molecule has 0 fully saturated rings. The molecule has 7 nitrogen and oxygen atoms in total. The van der Waals surface area contributed by atoms with Crippen molar-refractivity contribution in [1.29, 1.82) is 0 Å². The number of carbonyl (C=O) groups is 2. The predicted octanol–water partition coefficient (Wildman–Crippen LogP) is 1.52. The van der Waals surface area contributed by atoms with Crippen LogP contribution in [0.2, 0.25) is 0 Å². The van der Waals surface area contributed by atoms with Gasteiger partial charge < -0.3 is 10.1 Å². The van der Waals surface area contributed by atoms with Crippen molar-refractivity contribution >= 4 is 27.6 Å². The lowest BCUT2D eigenvalue weighted by atomic mass is 10.2. The molecule has 0 saturated heterocycles. The third kappa shape index (κ3) is 7.25. The van der Waals surface area contributed by atoms with Crippen molar-refractivity contribution in [1.82, 2.24) is 4.72 Å². The summed E-state index contributed by atoms with van der Waals surface area (Å²) in [5, 5.41) is 2.55. The van der Waals surface area contributed by atoms with E-state index in [1.165, 1.54) is 12.1 Å². The molecule has 1 amide bonds. The maximum atomic E-state index is 11.7. The van der Waals surface area contributed by atoms with Crippen molar-refractivity contribution in [3.63, 3.8) is 0 Å². The molecular weight excluding hydrogens is 320 g/mol. The fourth-order valence-electron chi connectivity index (χ4n) is 1.69. The minimum absolute atomic E-state index is 0.00498. The SMILES string of the molecule is CCCCS(=O)(=O)NCC(=O)Nc1ccc(C(=O)OCC)cc1. The Morgan fingerprint density at radius 3 is 2.35 bits per heavy atom. The van der Waals surface area contributed by atoms with Crippen LogP contribution in [0.15, 0.2) is 24.3 Å². The molecule has 0 aliphatic rings. The summed E-state index contributed by atoms with van der Waals surface area (Å²) in [6.45, 7) is 3.57. The van der Waals surface area contributed by atoms with Crippen molar-refractivity contribution in [2.45, 2.75) is 26.7 Å². The summed E-state index contributed by atoms with van der Waals surface area (Å²) in [6.07, 6.45) is 1.31. The Morgan fingerprint density at radius 1 is 1.13 bits per heavy atom. The molecular formula is C15H22N2O5S. The number of rotatable bonds is 9. The second-order valence-electron chi connectivity index (χ2n) is 4.84. The Labute approximate surface area is 136 Å². The topological polar surface area (TPSA) is 102 Å². The van der Waals surface area contributed by atoms with Crippen LogP contribution in [0.5, 0.6) is 0 Å². The fraction of sp³-hybridized carbons (Fsp3) is 0.467. The summed E-state index contributed by atoms with van der Waals surface area (Å²) in [5.74, 6) is -0.909. The molecule has 0 bridgehead atoms. The van der Waals surface area contributed by atoms with Gasteiger partial charge in [-0.3, -0.25) is 4.79 Å². The summed E-state index contributed by atoms with van der Waals surface area (Å²) >= 11 is 0. The quantitative estimate of drug-likeness (QED) is 0.663. The van der Waals surface area contributed by atoms with E-state index in [9.17, 15) is 18.0 Å². The number of hydrogen-bond acceptors (Lipinski definition) is 5. The number of esters is 1. The second kappa shape index (κ2) is 9.26. The number of unbranched alkanes of at least 4 members (excludes halogenated alkanes) is 1. The molecule has 1 aromatic carbocycles. The molecule has 23 heavy (non-hydrogen) atoms. The van der Waals surface area contributed by atoms with Crippen LogP contribution >= 0.6 is 0 Å². The van der Waals surface area contributed by atoms with E-state index in [4.69, 9.17) is 4.74 Å². The van der Waals surface area contributed by atoms with E-state index >= 15 is 0 Å². The Kier molecular flexibility index (Phi) is 7.70. The van der Waals surface area contributed by atoms with Crippen molar-refractivity contribution in [3.05, 3.63) is 29.8 Å². The molecule has 128 valence electrons. The van der Waals surface area contributed by atoms with Crippen LogP contribution in [-0.4, -0.2) is 39.2 Å². The number of benzene rings is 1. The number of anilines is 1. The standard InChI is InChI=1S/C15H22N2O5S/c1-3-5-10-23(20,21)16-11-14(18)17-13-8-6-12(7-9-13)15(19)22-4-2/h6-9,16H,3-5,10-11H2,1-2H3,(H,17,18). The molecule has 0 heterocycles. The average Bonchev–Trinajstić information content (AvgIpc) is 2.52. The van der Waals surface area contributed by atoms with E-state index in [0.29, 0.717) is 17.7 Å². The molecule has 0 unspecified atom stereocenters. The lowest BCUT2D eigenvalue weighted by Crippen LogP contribution is -2.34. The van der Waals surface area contributed by atoms with E-state index < -0.39 is 21.9 Å². The van der Waals surface area contributed by atoms with Crippen molar-refractivity contribution in [2.24, 2.45) is 0 Å². The molecule has 2 N–H and O–H groups in total. The lowest BCUT2D eigenvalue weighted by Gasteiger charge is -2.08. The number of amides is 1. The van der Waals surface area contributed by atoms with Crippen LogP contribution < -0.4 is 10.0 Å². The molecule has 0 aliphatic heterocycles. The van der Waals surface area contributed by atoms with Gasteiger partial charge in [0.25, 0.3) is 0 Å². The maximum Gasteiger partial charge on any atom is 0.338 e. The first kappa shape index (κ1) is 19.1. The molecule has 0 saturated carbocycles. The zero-order valence-corrected chi connectivity index (χ0v) is 14.1. The van der Waals surface area contributed by atoms with Gasteiger partial charge in [0.15, 0.2) is 0 Å². The van der Waals surface area contributed by atoms with E-state index in [-0.39, 0.29) is 18.9 Å². The van der Waals surface area contributed by atoms with Crippen LogP contribution in [0.1, 0.15) is 37.0 Å². The van der Waals surface area contributed by atoms with Gasteiger partial charge in [-0.05, 0) is 37.6 Å². The highest BCUT2D eigenvalue weighted by Crippen LogP contribution is 2.10. The van der Waals surface area contributed by atoms with Crippen molar-refractivity contribution in [2.75, 3.05) is 24.2 Å². The van der Waals surface area contributed by atoms with Crippen LogP contribution in [0, 0.1) is 0 Å². The zero-order valence-electron chi connectivity index (χ0n) is 13.3. The summed E-state index contributed by atoms with van der Waals surface area (Å²) < 4.78 is 30.3. The van der Waals surface area contributed by atoms with Gasteiger partial charge in [0.1, 0.15) is 0 Å². The smallest absolute Gasteiger partial charge is 0.338 e. The molecule has 0 spiro atoms. The summed E-state index contributed by atoms with van der Waals surface area (Å²) in [5.41, 5.74) is 0.848. The highest BCUT2D eigenvalue weighted by Gasteiger charge is 2.12. The largest absolute Gasteiger partial charge is 0.462 e. The maximum absolute atomic E-state index is 11.7. The minimum atomic E-state index is -3.43. The third-order valence-corrected chi connectivity index (χ3v) is 4.31. The first-order valence-electron chi connectivity index (χ1n) is 7.42. The van der Waals surface area contributed by atoms with Crippen molar-refractivity contribution in [3.8, 4) is 0 Å². The first-order valence-corrected chi connectivity index (χ1v) is 9.07. The molecule has 8 heteroatoms. The van der Waals surface area contributed by atoms with Gasteiger partial charge >= 0.3 is 5.97 Å². The Balaban J connectivity index is 2.50. The number of sulfonamides is 1. The summed E-state index contributed by atoms with van der Waals surface area (Å²) in [7, 11) is -3.43. The molecule has 0 aliphatic carbocycles. The highest BCUT2D eigenvalue weighted by atomic mass is 32.2. The molecule has 1 aromatic rings. The number of nitrogens with one attached hydrogen (secondary N) is 2. The van der Waals surface area contributed by atoms with Gasteiger partial charge in [-0.15, -0.1) is 0 Å². The Bertz CT molecular complexity index is 626. The van der Waals surface area contributed by atoms with Gasteiger partial charge in [0.2, 0.25) is 15.9 Å². The molecule has 0 radical (unpaired) electrons. The molecule has 0 aromatic heterocycles. The summed E-state index contributed by atoms with van der Waals surface area (Å²) in [4.78, 5) is 23.2. The Hall–Kier alpha value is -1.93. The zero-order chi connectivity index (χ0) is 17.3. The minimum Gasteiger partial charge on any atom is -0.462 e. The van der Waals surface area contributed by atoms with Gasteiger partial charge in [-0.1, -0.05) is 13.3 Å². The molecule has 0 atom stereocenters. The van der Waals surface area contributed by atoms with E-state index in [2.05, 4.69) is 10.0 Å². The van der Waals surface area contributed by atoms with Gasteiger partial charge in [0.05, 0.1) is 24.5 Å². The normalized spacial score (nSPS) is 11.0. The van der Waals surface area contributed by atoms with Crippen LogP contribution in [-0.2, 0) is 19.6 Å². The van der Waals surface area contributed by atoms with E-state index in [1.807, 2.05) is 6.92 Å².